The Morgan fingerprint density at radius 2 is 2.12 bits per heavy atom. The van der Waals surface area contributed by atoms with Gasteiger partial charge < -0.3 is 15.4 Å². The summed E-state index contributed by atoms with van der Waals surface area (Å²) in [5.41, 5.74) is 6.16. The van der Waals surface area contributed by atoms with Crippen molar-refractivity contribution in [3.8, 4) is 0 Å². The molecule has 1 saturated carbocycles. The molecule has 92 valence electrons. The molecule has 3 fully saturated rings. The summed E-state index contributed by atoms with van der Waals surface area (Å²) in [6, 6.07) is 0.484. The van der Waals surface area contributed by atoms with Gasteiger partial charge in [0.15, 0.2) is 0 Å². The molecule has 16 heavy (non-hydrogen) atoms. The van der Waals surface area contributed by atoms with Crippen molar-refractivity contribution in [3.63, 3.8) is 0 Å². The van der Waals surface area contributed by atoms with Crippen LogP contribution in [0, 0.1) is 17.8 Å². The Morgan fingerprint density at radius 3 is 2.88 bits per heavy atom. The second-order valence-electron chi connectivity index (χ2n) is 5.97. The Balaban J connectivity index is 1.50. The van der Waals surface area contributed by atoms with Crippen molar-refractivity contribution in [1.82, 2.24) is 4.90 Å². The smallest absolute Gasteiger partial charge is 0.0506 e. The number of fused-ring (bicyclic) bond motifs is 1. The third-order valence-electron chi connectivity index (χ3n) is 4.76. The Morgan fingerprint density at radius 1 is 1.19 bits per heavy atom. The van der Waals surface area contributed by atoms with Crippen molar-refractivity contribution in [2.75, 3.05) is 32.8 Å². The molecule has 0 amide bonds. The van der Waals surface area contributed by atoms with Gasteiger partial charge in [-0.2, -0.15) is 0 Å². The normalized spacial score (nSPS) is 44.8. The Hall–Kier alpha value is -0.120. The lowest BCUT2D eigenvalue weighted by Gasteiger charge is -2.27. The molecule has 0 bridgehead atoms. The van der Waals surface area contributed by atoms with Gasteiger partial charge in [0.05, 0.1) is 6.61 Å². The molecular weight excluding hydrogens is 200 g/mol. The zero-order valence-electron chi connectivity index (χ0n) is 10.1. The molecule has 4 unspecified atom stereocenters. The van der Waals surface area contributed by atoms with Gasteiger partial charge in [0.1, 0.15) is 0 Å². The van der Waals surface area contributed by atoms with E-state index in [4.69, 9.17) is 10.5 Å². The van der Waals surface area contributed by atoms with Crippen molar-refractivity contribution < 1.29 is 4.74 Å². The maximum absolute atomic E-state index is 6.16. The summed E-state index contributed by atoms with van der Waals surface area (Å²) in [4.78, 5) is 2.65. The van der Waals surface area contributed by atoms with Crippen molar-refractivity contribution in [1.29, 1.82) is 0 Å². The van der Waals surface area contributed by atoms with Crippen molar-refractivity contribution in [3.05, 3.63) is 0 Å². The molecule has 2 N–H and O–H groups in total. The molecule has 4 atom stereocenters. The first-order chi connectivity index (χ1) is 7.83. The van der Waals surface area contributed by atoms with Crippen LogP contribution in [0.2, 0.25) is 0 Å². The van der Waals surface area contributed by atoms with Gasteiger partial charge in [-0.1, -0.05) is 0 Å². The van der Waals surface area contributed by atoms with Gasteiger partial charge in [-0.3, -0.25) is 0 Å². The Kier molecular flexibility index (Phi) is 3.18. The van der Waals surface area contributed by atoms with Crippen LogP contribution in [-0.4, -0.2) is 43.8 Å². The second kappa shape index (κ2) is 4.63. The van der Waals surface area contributed by atoms with Crippen LogP contribution in [0.4, 0.5) is 0 Å². The molecule has 3 aliphatic rings. The fourth-order valence-corrected chi connectivity index (χ4v) is 3.87. The maximum atomic E-state index is 6.16. The summed E-state index contributed by atoms with van der Waals surface area (Å²) in [6.45, 7) is 5.77. The van der Waals surface area contributed by atoms with Crippen molar-refractivity contribution >= 4 is 0 Å². The van der Waals surface area contributed by atoms with Crippen LogP contribution in [0.1, 0.15) is 25.7 Å². The number of rotatable bonds is 2. The molecule has 0 radical (unpaired) electrons. The summed E-state index contributed by atoms with van der Waals surface area (Å²) in [5, 5.41) is 0. The highest BCUT2D eigenvalue weighted by atomic mass is 16.5. The van der Waals surface area contributed by atoms with Crippen LogP contribution < -0.4 is 5.73 Å². The van der Waals surface area contributed by atoms with Gasteiger partial charge in [0.2, 0.25) is 0 Å². The molecule has 0 spiro atoms. The highest BCUT2D eigenvalue weighted by molar-refractivity contribution is 4.95. The van der Waals surface area contributed by atoms with E-state index in [1.54, 1.807) is 0 Å². The number of nitrogens with two attached hydrogens (primary N) is 1. The zero-order chi connectivity index (χ0) is 11.0. The molecule has 2 aliphatic heterocycles. The van der Waals surface area contributed by atoms with E-state index in [2.05, 4.69) is 4.90 Å². The molecule has 3 nitrogen and oxygen atoms in total. The van der Waals surface area contributed by atoms with E-state index in [-0.39, 0.29) is 0 Å². The summed E-state index contributed by atoms with van der Waals surface area (Å²) < 4.78 is 5.56. The molecule has 2 heterocycles. The minimum absolute atomic E-state index is 0.484. The lowest BCUT2D eigenvalue weighted by Crippen LogP contribution is -2.34. The molecule has 3 heteroatoms. The van der Waals surface area contributed by atoms with Gasteiger partial charge in [0, 0.05) is 32.3 Å². The second-order valence-corrected chi connectivity index (χ2v) is 5.97. The SMILES string of the molecule is NC1CCC2CN(CC3CCCOC3)CC12. The topological polar surface area (TPSA) is 38.5 Å². The number of ether oxygens (including phenoxy) is 1. The minimum atomic E-state index is 0.484. The molecule has 0 aromatic rings. The van der Waals surface area contributed by atoms with Crippen LogP contribution >= 0.6 is 0 Å². The van der Waals surface area contributed by atoms with Crippen molar-refractivity contribution in [2.45, 2.75) is 31.7 Å². The summed E-state index contributed by atoms with van der Waals surface area (Å²) in [6.07, 6.45) is 5.24. The predicted molar refractivity (Wildman–Crippen MR) is 64.2 cm³/mol. The quantitative estimate of drug-likeness (QED) is 0.763. The average molecular weight is 224 g/mol. The molecular formula is C13H24N2O. The van der Waals surface area contributed by atoms with E-state index >= 15 is 0 Å². The molecule has 0 aromatic heterocycles. The van der Waals surface area contributed by atoms with E-state index in [9.17, 15) is 0 Å². The maximum Gasteiger partial charge on any atom is 0.0506 e. The highest BCUT2D eigenvalue weighted by Gasteiger charge is 2.41. The van der Waals surface area contributed by atoms with Crippen LogP contribution in [0.3, 0.4) is 0 Å². The van der Waals surface area contributed by atoms with Gasteiger partial charge >= 0.3 is 0 Å². The standard InChI is InChI=1S/C13H24N2O/c14-13-4-3-11-7-15(8-12(11)13)6-10-2-1-5-16-9-10/h10-13H,1-9,14H2. The first-order valence-corrected chi connectivity index (χ1v) is 6.88. The summed E-state index contributed by atoms with van der Waals surface area (Å²) in [5.74, 6) is 2.48. The van der Waals surface area contributed by atoms with Crippen molar-refractivity contribution in [2.24, 2.45) is 23.5 Å². The first-order valence-electron chi connectivity index (χ1n) is 6.88. The van der Waals surface area contributed by atoms with Crippen LogP contribution in [-0.2, 0) is 4.74 Å². The Labute approximate surface area is 98.3 Å². The fourth-order valence-electron chi connectivity index (χ4n) is 3.87. The van der Waals surface area contributed by atoms with Gasteiger partial charge in [0.25, 0.3) is 0 Å². The Bertz CT molecular complexity index is 240. The summed E-state index contributed by atoms with van der Waals surface area (Å²) in [7, 11) is 0. The van der Waals surface area contributed by atoms with E-state index in [0.717, 1.165) is 31.0 Å². The van der Waals surface area contributed by atoms with Gasteiger partial charge in [-0.05, 0) is 43.4 Å². The number of likely N-dealkylation sites (tertiary alicyclic amines) is 1. The zero-order valence-corrected chi connectivity index (χ0v) is 10.1. The molecule has 2 saturated heterocycles. The van der Waals surface area contributed by atoms with Gasteiger partial charge in [-0.15, -0.1) is 0 Å². The van der Waals surface area contributed by atoms with E-state index < -0.39 is 0 Å². The van der Waals surface area contributed by atoms with Crippen LogP contribution in [0.25, 0.3) is 0 Å². The third-order valence-corrected chi connectivity index (χ3v) is 4.76. The fraction of sp³-hybridized carbons (Fsp3) is 1.00. The largest absolute Gasteiger partial charge is 0.381 e. The van der Waals surface area contributed by atoms with Gasteiger partial charge in [-0.25, -0.2) is 0 Å². The van der Waals surface area contributed by atoms with E-state index in [1.165, 1.54) is 45.3 Å². The first kappa shape index (κ1) is 11.0. The highest BCUT2D eigenvalue weighted by Crippen LogP contribution is 2.37. The van der Waals surface area contributed by atoms with E-state index in [0.29, 0.717) is 6.04 Å². The monoisotopic (exact) mass is 224 g/mol. The minimum Gasteiger partial charge on any atom is -0.381 e. The third kappa shape index (κ3) is 2.13. The molecule has 3 rings (SSSR count). The lowest BCUT2D eigenvalue weighted by atomic mass is 9.98. The lowest BCUT2D eigenvalue weighted by molar-refractivity contribution is 0.0407. The molecule has 1 aliphatic carbocycles. The van der Waals surface area contributed by atoms with Crippen LogP contribution in [0.15, 0.2) is 0 Å². The van der Waals surface area contributed by atoms with Crippen LogP contribution in [0.5, 0.6) is 0 Å². The molecule has 0 aromatic carbocycles. The number of nitrogens with zero attached hydrogens (tertiary/aromatic N) is 1. The summed E-state index contributed by atoms with van der Waals surface area (Å²) >= 11 is 0. The average Bonchev–Trinajstić information content (AvgIpc) is 2.83. The van der Waals surface area contributed by atoms with E-state index in [1.807, 2.05) is 0 Å². The predicted octanol–water partition coefficient (Wildman–Crippen LogP) is 1.08. The number of hydrogen-bond acceptors (Lipinski definition) is 3. The number of hydrogen-bond donors (Lipinski definition) is 1.